The monoisotopic (exact) mass is 302 g/mol. The average molecular weight is 302 g/mol. The highest BCUT2D eigenvalue weighted by molar-refractivity contribution is 5.78. The van der Waals surface area contributed by atoms with Crippen molar-refractivity contribution >= 4 is 5.91 Å². The molecular formula is C17H22N2O3. The Bertz CT molecular complexity index is 522. The minimum absolute atomic E-state index is 0.0176. The van der Waals surface area contributed by atoms with Crippen molar-refractivity contribution in [2.75, 3.05) is 13.2 Å². The van der Waals surface area contributed by atoms with Crippen molar-refractivity contribution in [2.45, 2.75) is 38.1 Å². The van der Waals surface area contributed by atoms with Gasteiger partial charge in [-0.05, 0) is 30.5 Å². The molecular weight excluding hydrogens is 280 g/mol. The van der Waals surface area contributed by atoms with Crippen molar-refractivity contribution in [3.63, 3.8) is 0 Å². The predicted octanol–water partition coefficient (Wildman–Crippen LogP) is 1.80. The van der Waals surface area contributed by atoms with Crippen LogP contribution in [0.25, 0.3) is 0 Å². The maximum Gasteiger partial charge on any atom is 0.224 e. The molecule has 1 aromatic rings. The second kappa shape index (κ2) is 8.40. The molecule has 1 aliphatic rings. The molecule has 0 radical (unpaired) electrons. The summed E-state index contributed by atoms with van der Waals surface area (Å²) in [7, 11) is 0. The highest BCUT2D eigenvalue weighted by Gasteiger charge is 2.25. The number of carbonyl (C=O) groups is 1. The number of rotatable bonds is 6. The average Bonchev–Trinajstić information content (AvgIpc) is 2.54. The highest BCUT2D eigenvalue weighted by Crippen LogP contribution is 2.24. The number of benzene rings is 1. The lowest BCUT2D eigenvalue weighted by atomic mass is 9.85. The number of aliphatic hydroxyl groups excluding tert-OH is 1. The Morgan fingerprint density at radius 1 is 1.32 bits per heavy atom. The summed E-state index contributed by atoms with van der Waals surface area (Å²) in [5.41, 5.74) is 0.901. The van der Waals surface area contributed by atoms with Crippen molar-refractivity contribution in [3.8, 4) is 11.8 Å². The lowest BCUT2D eigenvalue weighted by Gasteiger charge is -2.30. The first-order valence-electron chi connectivity index (χ1n) is 7.72. The maximum absolute atomic E-state index is 12.1. The van der Waals surface area contributed by atoms with Crippen LogP contribution in [0.4, 0.5) is 0 Å². The summed E-state index contributed by atoms with van der Waals surface area (Å²) in [6.07, 6.45) is 4.46. The SMILES string of the molecule is N#CCOc1ccc(CC(=O)NC2CCCCC2CO)cc1. The Morgan fingerprint density at radius 3 is 2.73 bits per heavy atom. The Balaban J connectivity index is 1.84. The number of nitrogens with zero attached hydrogens (tertiary/aromatic N) is 1. The quantitative estimate of drug-likeness (QED) is 0.839. The van der Waals surface area contributed by atoms with E-state index in [2.05, 4.69) is 5.32 Å². The summed E-state index contributed by atoms with van der Waals surface area (Å²) in [4.78, 5) is 12.1. The summed E-state index contributed by atoms with van der Waals surface area (Å²) in [5, 5.41) is 20.9. The van der Waals surface area contributed by atoms with E-state index in [1.165, 1.54) is 0 Å². The number of nitrogens with one attached hydrogen (secondary N) is 1. The van der Waals surface area contributed by atoms with Gasteiger partial charge in [0.25, 0.3) is 0 Å². The van der Waals surface area contributed by atoms with E-state index in [9.17, 15) is 9.90 Å². The molecule has 1 fully saturated rings. The zero-order valence-corrected chi connectivity index (χ0v) is 12.6. The van der Waals surface area contributed by atoms with Gasteiger partial charge in [-0.1, -0.05) is 25.0 Å². The van der Waals surface area contributed by atoms with Crippen LogP contribution >= 0.6 is 0 Å². The van der Waals surface area contributed by atoms with Gasteiger partial charge in [-0.25, -0.2) is 0 Å². The standard InChI is InChI=1S/C17H22N2O3/c18-9-10-22-15-7-5-13(6-8-15)11-17(21)19-16-4-2-1-3-14(16)12-20/h5-8,14,16,20H,1-4,10-12H2,(H,19,21). The molecule has 2 atom stereocenters. The molecule has 5 heteroatoms. The van der Waals surface area contributed by atoms with Crippen molar-refractivity contribution < 1.29 is 14.6 Å². The third kappa shape index (κ3) is 4.74. The molecule has 1 aromatic carbocycles. The van der Waals surface area contributed by atoms with E-state index in [1.807, 2.05) is 18.2 Å². The fraction of sp³-hybridized carbons (Fsp3) is 0.529. The first-order chi connectivity index (χ1) is 10.7. The van der Waals surface area contributed by atoms with Crippen molar-refractivity contribution in [3.05, 3.63) is 29.8 Å². The summed E-state index contributed by atoms with van der Waals surface area (Å²) in [6.45, 7) is 0.153. The van der Waals surface area contributed by atoms with Gasteiger partial charge in [-0.15, -0.1) is 0 Å². The zero-order valence-electron chi connectivity index (χ0n) is 12.6. The maximum atomic E-state index is 12.1. The molecule has 22 heavy (non-hydrogen) atoms. The second-order valence-corrected chi connectivity index (χ2v) is 5.67. The normalized spacial score (nSPS) is 20.9. The van der Waals surface area contributed by atoms with E-state index in [0.29, 0.717) is 12.2 Å². The lowest BCUT2D eigenvalue weighted by Crippen LogP contribution is -2.44. The Morgan fingerprint density at radius 2 is 2.05 bits per heavy atom. The van der Waals surface area contributed by atoms with Crippen LogP contribution in [0, 0.1) is 17.2 Å². The number of nitriles is 1. The van der Waals surface area contributed by atoms with Gasteiger partial charge in [0.05, 0.1) is 6.42 Å². The van der Waals surface area contributed by atoms with Crippen LogP contribution in [-0.4, -0.2) is 30.3 Å². The van der Waals surface area contributed by atoms with Crippen molar-refractivity contribution in [2.24, 2.45) is 5.92 Å². The number of carbonyl (C=O) groups excluding carboxylic acids is 1. The minimum atomic E-state index is -0.0176. The highest BCUT2D eigenvalue weighted by atomic mass is 16.5. The summed E-state index contributed by atoms with van der Waals surface area (Å²) in [5.74, 6) is 0.786. The van der Waals surface area contributed by atoms with E-state index < -0.39 is 0 Å². The smallest absolute Gasteiger partial charge is 0.224 e. The minimum Gasteiger partial charge on any atom is -0.479 e. The van der Waals surface area contributed by atoms with Gasteiger partial charge in [0, 0.05) is 18.6 Å². The van der Waals surface area contributed by atoms with Gasteiger partial charge < -0.3 is 15.2 Å². The van der Waals surface area contributed by atoms with Crippen LogP contribution in [0.15, 0.2) is 24.3 Å². The first kappa shape index (κ1) is 16.3. The number of hydrogen-bond donors (Lipinski definition) is 2. The fourth-order valence-corrected chi connectivity index (χ4v) is 2.88. The van der Waals surface area contributed by atoms with E-state index in [4.69, 9.17) is 10.00 Å². The fourth-order valence-electron chi connectivity index (χ4n) is 2.88. The topological polar surface area (TPSA) is 82.3 Å². The molecule has 0 aliphatic heterocycles. The number of amides is 1. The second-order valence-electron chi connectivity index (χ2n) is 5.67. The molecule has 0 aromatic heterocycles. The van der Waals surface area contributed by atoms with Crippen LogP contribution in [-0.2, 0) is 11.2 Å². The number of aliphatic hydroxyl groups is 1. The van der Waals surface area contributed by atoms with Crippen LogP contribution in [0.5, 0.6) is 5.75 Å². The van der Waals surface area contributed by atoms with Crippen LogP contribution in [0.3, 0.4) is 0 Å². The molecule has 0 bridgehead atoms. The molecule has 2 N–H and O–H groups in total. The van der Waals surface area contributed by atoms with E-state index >= 15 is 0 Å². The van der Waals surface area contributed by atoms with E-state index in [-0.39, 0.29) is 31.1 Å². The van der Waals surface area contributed by atoms with Gasteiger partial charge in [-0.3, -0.25) is 4.79 Å². The summed E-state index contributed by atoms with van der Waals surface area (Å²) < 4.78 is 5.18. The van der Waals surface area contributed by atoms with Crippen LogP contribution < -0.4 is 10.1 Å². The Labute approximate surface area is 130 Å². The van der Waals surface area contributed by atoms with E-state index in [0.717, 1.165) is 31.2 Å². The first-order valence-corrected chi connectivity index (χ1v) is 7.72. The summed E-state index contributed by atoms with van der Waals surface area (Å²) >= 11 is 0. The number of hydrogen-bond acceptors (Lipinski definition) is 4. The molecule has 5 nitrogen and oxygen atoms in total. The third-order valence-corrected chi connectivity index (χ3v) is 4.08. The Kier molecular flexibility index (Phi) is 6.23. The third-order valence-electron chi connectivity index (χ3n) is 4.08. The van der Waals surface area contributed by atoms with Gasteiger partial charge in [0.1, 0.15) is 11.8 Å². The molecule has 0 heterocycles. The van der Waals surface area contributed by atoms with Crippen molar-refractivity contribution in [1.82, 2.24) is 5.32 Å². The van der Waals surface area contributed by atoms with Crippen LogP contribution in [0.2, 0.25) is 0 Å². The molecule has 0 spiro atoms. The molecule has 2 unspecified atom stereocenters. The molecule has 0 saturated heterocycles. The molecule has 1 amide bonds. The summed E-state index contributed by atoms with van der Waals surface area (Å²) in [6, 6.07) is 9.18. The lowest BCUT2D eigenvalue weighted by molar-refractivity contribution is -0.121. The van der Waals surface area contributed by atoms with Gasteiger partial charge in [0.15, 0.2) is 6.61 Å². The molecule has 118 valence electrons. The molecule has 1 saturated carbocycles. The zero-order chi connectivity index (χ0) is 15.8. The van der Waals surface area contributed by atoms with Crippen molar-refractivity contribution in [1.29, 1.82) is 5.26 Å². The largest absolute Gasteiger partial charge is 0.479 e. The molecule has 1 aliphatic carbocycles. The van der Waals surface area contributed by atoms with Gasteiger partial charge >= 0.3 is 0 Å². The predicted molar refractivity (Wildman–Crippen MR) is 82.2 cm³/mol. The Hall–Kier alpha value is -2.06. The molecule has 2 rings (SSSR count). The van der Waals surface area contributed by atoms with Gasteiger partial charge in [0.2, 0.25) is 5.91 Å². The van der Waals surface area contributed by atoms with Crippen LogP contribution in [0.1, 0.15) is 31.2 Å². The van der Waals surface area contributed by atoms with Gasteiger partial charge in [-0.2, -0.15) is 5.26 Å². The van der Waals surface area contributed by atoms with E-state index in [1.54, 1.807) is 12.1 Å². The number of ether oxygens (including phenoxy) is 1.